The summed E-state index contributed by atoms with van der Waals surface area (Å²) in [4.78, 5) is 10.6. The molecule has 2 unspecified atom stereocenters. The van der Waals surface area contributed by atoms with Crippen LogP contribution in [0, 0.1) is 22.0 Å². The van der Waals surface area contributed by atoms with Gasteiger partial charge in [0, 0.05) is 17.6 Å². The lowest BCUT2D eigenvalue weighted by molar-refractivity contribution is -0.383. The third kappa shape index (κ3) is 4.10. The summed E-state index contributed by atoms with van der Waals surface area (Å²) < 4.78 is 0. The molecule has 1 aromatic rings. The molecular formula is C15H21ClN2O2. The minimum absolute atomic E-state index is 0.0505. The molecule has 20 heavy (non-hydrogen) atoms. The van der Waals surface area contributed by atoms with Crippen LogP contribution in [0.15, 0.2) is 18.2 Å². The number of anilines is 1. The molecule has 0 aliphatic heterocycles. The van der Waals surface area contributed by atoms with Gasteiger partial charge in [0.15, 0.2) is 0 Å². The first-order valence-electron chi connectivity index (χ1n) is 7.24. The van der Waals surface area contributed by atoms with Crippen molar-refractivity contribution in [2.45, 2.75) is 39.0 Å². The molecule has 1 N–H and O–H groups in total. The van der Waals surface area contributed by atoms with Crippen molar-refractivity contribution in [3.05, 3.63) is 33.3 Å². The predicted octanol–water partition coefficient (Wildman–Crippen LogP) is 4.88. The zero-order valence-electron chi connectivity index (χ0n) is 11.8. The van der Waals surface area contributed by atoms with E-state index in [2.05, 4.69) is 12.2 Å². The SMILES string of the molecule is CC1CCCC(CCNc2ccc(Cl)cc2[N+](=O)[O-])C1. The Morgan fingerprint density at radius 1 is 1.45 bits per heavy atom. The average Bonchev–Trinajstić information content (AvgIpc) is 2.40. The van der Waals surface area contributed by atoms with Crippen LogP contribution in [0.25, 0.3) is 0 Å². The Balaban J connectivity index is 1.89. The summed E-state index contributed by atoms with van der Waals surface area (Å²) >= 11 is 5.80. The van der Waals surface area contributed by atoms with Gasteiger partial charge in [0.2, 0.25) is 0 Å². The van der Waals surface area contributed by atoms with Gasteiger partial charge in [-0.2, -0.15) is 0 Å². The number of halogens is 1. The topological polar surface area (TPSA) is 55.2 Å². The minimum Gasteiger partial charge on any atom is -0.379 e. The Bertz CT molecular complexity index is 479. The third-order valence-corrected chi connectivity index (χ3v) is 4.30. The molecule has 0 amide bonds. The summed E-state index contributed by atoms with van der Waals surface area (Å²) in [5.74, 6) is 1.57. The van der Waals surface area contributed by atoms with Crippen molar-refractivity contribution in [1.29, 1.82) is 0 Å². The maximum absolute atomic E-state index is 11.0. The highest BCUT2D eigenvalue weighted by Crippen LogP contribution is 2.31. The molecule has 0 radical (unpaired) electrons. The van der Waals surface area contributed by atoms with Crippen molar-refractivity contribution in [3.8, 4) is 0 Å². The largest absolute Gasteiger partial charge is 0.379 e. The van der Waals surface area contributed by atoms with Crippen LogP contribution in [-0.4, -0.2) is 11.5 Å². The molecule has 110 valence electrons. The second-order valence-electron chi connectivity index (χ2n) is 5.77. The molecule has 1 aromatic carbocycles. The van der Waals surface area contributed by atoms with Gasteiger partial charge in [-0.1, -0.05) is 37.8 Å². The number of rotatable bonds is 5. The monoisotopic (exact) mass is 296 g/mol. The zero-order chi connectivity index (χ0) is 14.5. The highest BCUT2D eigenvalue weighted by Gasteiger charge is 2.19. The molecule has 1 fully saturated rings. The summed E-state index contributed by atoms with van der Waals surface area (Å²) in [7, 11) is 0. The fourth-order valence-electron chi connectivity index (χ4n) is 3.04. The number of hydrogen-bond donors (Lipinski definition) is 1. The van der Waals surface area contributed by atoms with Gasteiger partial charge in [-0.15, -0.1) is 0 Å². The first-order chi connectivity index (χ1) is 9.56. The van der Waals surface area contributed by atoms with Crippen LogP contribution in [0.1, 0.15) is 39.0 Å². The van der Waals surface area contributed by atoms with Gasteiger partial charge < -0.3 is 5.32 Å². The molecule has 0 bridgehead atoms. The van der Waals surface area contributed by atoms with Gasteiger partial charge >= 0.3 is 0 Å². The van der Waals surface area contributed by atoms with E-state index in [-0.39, 0.29) is 5.69 Å². The van der Waals surface area contributed by atoms with Crippen molar-refractivity contribution in [3.63, 3.8) is 0 Å². The van der Waals surface area contributed by atoms with Crippen LogP contribution in [0.4, 0.5) is 11.4 Å². The summed E-state index contributed by atoms with van der Waals surface area (Å²) in [6, 6.07) is 4.76. The number of benzene rings is 1. The van der Waals surface area contributed by atoms with Crippen LogP contribution >= 0.6 is 11.6 Å². The lowest BCUT2D eigenvalue weighted by Crippen LogP contribution is -2.16. The van der Waals surface area contributed by atoms with Gasteiger partial charge in [0.05, 0.1) is 4.92 Å². The van der Waals surface area contributed by atoms with Crippen molar-refractivity contribution in [2.75, 3.05) is 11.9 Å². The van der Waals surface area contributed by atoms with Gasteiger partial charge in [-0.05, 0) is 36.8 Å². The van der Waals surface area contributed by atoms with E-state index >= 15 is 0 Å². The highest BCUT2D eigenvalue weighted by molar-refractivity contribution is 6.30. The first-order valence-corrected chi connectivity index (χ1v) is 7.62. The van der Waals surface area contributed by atoms with Crippen molar-refractivity contribution < 1.29 is 4.92 Å². The van der Waals surface area contributed by atoms with Crippen LogP contribution in [0.2, 0.25) is 5.02 Å². The lowest BCUT2D eigenvalue weighted by atomic mass is 9.81. The lowest BCUT2D eigenvalue weighted by Gasteiger charge is -2.26. The smallest absolute Gasteiger partial charge is 0.293 e. The third-order valence-electron chi connectivity index (χ3n) is 4.07. The van der Waals surface area contributed by atoms with Crippen molar-refractivity contribution in [2.24, 2.45) is 11.8 Å². The Kier molecular flexibility index (Phi) is 5.24. The summed E-state index contributed by atoms with van der Waals surface area (Å²) in [6.07, 6.45) is 6.29. The van der Waals surface area contributed by atoms with E-state index < -0.39 is 4.92 Å². The Hall–Kier alpha value is -1.29. The molecule has 2 atom stereocenters. The molecule has 0 saturated heterocycles. The molecule has 0 aromatic heterocycles. The highest BCUT2D eigenvalue weighted by atomic mass is 35.5. The number of nitro benzene ring substituents is 1. The van der Waals surface area contributed by atoms with Gasteiger partial charge in [0.25, 0.3) is 5.69 Å². The fraction of sp³-hybridized carbons (Fsp3) is 0.600. The minimum atomic E-state index is -0.392. The Morgan fingerprint density at radius 2 is 2.25 bits per heavy atom. The molecule has 0 heterocycles. The van der Waals surface area contributed by atoms with E-state index in [9.17, 15) is 10.1 Å². The Morgan fingerprint density at radius 3 is 2.95 bits per heavy atom. The molecule has 1 aliphatic rings. The fourth-order valence-corrected chi connectivity index (χ4v) is 3.20. The molecule has 4 nitrogen and oxygen atoms in total. The van der Waals surface area contributed by atoms with Crippen molar-refractivity contribution >= 4 is 23.0 Å². The molecule has 1 saturated carbocycles. The summed E-state index contributed by atoms with van der Waals surface area (Å²) in [5.41, 5.74) is 0.609. The van der Waals surface area contributed by atoms with Crippen LogP contribution < -0.4 is 5.32 Å². The second kappa shape index (κ2) is 6.93. The quantitative estimate of drug-likeness (QED) is 0.622. The Labute approximate surface area is 124 Å². The maximum Gasteiger partial charge on any atom is 0.293 e. The van der Waals surface area contributed by atoms with Crippen molar-refractivity contribution in [1.82, 2.24) is 0 Å². The average molecular weight is 297 g/mol. The second-order valence-corrected chi connectivity index (χ2v) is 6.21. The standard InChI is InChI=1S/C15H21ClN2O2/c1-11-3-2-4-12(9-11)7-8-17-14-6-5-13(16)10-15(14)18(19)20/h5-6,10-12,17H,2-4,7-9H2,1H3. The number of hydrogen-bond acceptors (Lipinski definition) is 3. The first kappa shape index (κ1) is 15.1. The van der Waals surface area contributed by atoms with Crippen LogP contribution in [0.5, 0.6) is 0 Å². The zero-order valence-corrected chi connectivity index (χ0v) is 12.5. The van der Waals surface area contributed by atoms with Crippen LogP contribution in [-0.2, 0) is 0 Å². The number of nitrogens with zero attached hydrogens (tertiary/aromatic N) is 1. The number of nitrogens with one attached hydrogen (secondary N) is 1. The predicted molar refractivity (Wildman–Crippen MR) is 82.3 cm³/mol. The maximum atomic E-state index is 11.0. The van der Waals surface area contributed by atoms with E-state index in [1.165, 1.54) is 31.7 Å². The molecule has 2 rings (SSSR count). The number of nitro groups is 1. The summed E-state index contributed by atoms with van der Waals surface area (Å²) in [6.45, 7) is 3.09. The molecule has 0 spiro atoms. The van der Waals surface area contributed by atoms with E-state index in [0.717, 1.165) is 24.8 Å². The van der Waals surface area contributed by atoms with E-state index in [0.29, 0.717) is 10.7 Å². The van der Waals surface area contributed by atoms with E-state index in [1.54, 1.807) is 12.1 Å². The van der Waals surface area contributed by atoms with Crippen LogP contribution in [0.3, 0.4) is 0 Å². The van der Waals surface area contributed by atoms with Gasteiger partial charge in [0.1, 0.15) is 5.69 Å². The normalized spacial score (nSPS) is 22.5. The van der Waals surface area contributed by atoms with E-state index in [1.807, 2.05) is 0 Å². The van der Waals surface area contributed by atoms with E-state index in [4.69, 9.17) is 11.6 Å². The summed E-state index contributed by atoms with van der Waals surface area (Å²) in [5, 5.41) is 14.6. The van der Waals surface area contributed by atoms with Gasteiger partial charge in [-0.25, -0.2) is 0 Å². The molecular weight excluding hydrogens is 276 g/mol. The molecule has 5 heteroatoms. The van der Waals surface area contributed by atoms with Gasteiger partial charge in [-0.3, -0.25) is 10.1 Å². The molecule has 1 aliphatic carbocycles.